The molecule has 0 radical (unpaired) electrons. The van der Waals surface area contributed by atoms with Crippen molar-refractivity contribution in [3.63, 3.8) is 0 Å². The molecule has 8 nitrogen and oxygen atoms in total. The number of anilines is 1. The van der Waals surface area contributed by atoms with Crippen LogP contribution in [0, 0.1) is 0 Å². The number of hydrogen-bond donors (Lipinski definition) is 4. The van der Waals surface area contributed by atoms with Gasteiger partial charge in [0, 0.05) is 31.7 Å². The van der Waals surface area contributed by atoms with Crippen LogP contribution in [0.4, 0.5) is 10.5 Å². The molecule has 2 amide bonds. The number of guanidine groups is 1. The van der Waals surface area contributed by atoms with E-state index in [9.17, 15) is 9.59 Å². The average Bonchev–Trinajstić information content (AvgIpc) is 2.64. The Hall–Kier alpha value is -2.77. The van der Waals surface area contributed by atoms with Crippen LogP contribution in [0.15, 0.2) is 29.3 Å². The van der Waals surface area contributed by atoms with Gasteiger partial charge in [0.15, 0.2) is 5.96 Å². The Morgan fingerprint density at radius 1 is 1.07 bits per heavy atom. The van der Waals surface area contributed by atoms with Crippen LogP contribution in [0.2, 0.25) is 0 Å². The number of nitrogens with one attached hydrogen (secondary N) is 4. The minimum absolute atomic E-state index is 0.0214. The van der Waals surface area contributed by atoms with Crippen molar-refractivity contribution in [2.45, 2.75) is 66.0 Å². The first kappa shape index (κ1) is 25.3. The van der Waals surface area contributed by atoms with Gasteiger partial charge in [0.25, 0.3) is 0 Å². The maximum Gasteiger partial charge on any atom is 0.407 e. The van der Waals surface area contributed by atoms with E-state index in [0.29, 0.717) is 32.0 Å². The summed E-state index contributed by atoms with van der Waals surface area (Å²) in [5.41, 5.74) is 1.30. The zero-order valence-electron chi connectivity index (χ0n) is 18.9. The Kier molecular flexibility index (Phi) is 11.3. The standard InChI is InChI=1S/C22H37N5O3/c1-6-10-19(28)27-18-12-8-11-17(15-18)16-26-20(23-7-2)24-13-9-14-25-21(29)30-22(3,4)5/h8,11-12,15H,6-7,9-10,13-14,16H2,1-5H3,(H,25,29)(H,27,28)(H2,23,24,26). The van der Waals surface area contributed by atoms with Crippen molar-refractivity contribution < 1.29 is 14.3 Å². The van der Waals surface area contributed by atoms with Crippen molar-refractivity contribution >= 4 is 23.6 Å². The monoisotopic (exact) mass is 419 g/mol. The number of carbonyl (C=O) groups is 2. The Morgan fingerprint density at radius 3 is 2.47 bits per heavy atom. The van der Waals surface area contributed by atoms with E-state index in [1.807, 2.05) is 58.9 Å². The molecule has 0 unspecified atom stereocenters. The molecule has 8 heteroatoms. The summed E-state index contributed by atoms with van der Waals surface area (Å²) in [6.45, 7) is 11.9. The van der Waals surface area contributed by atoms with Crippen LogP contribution in [0.25, 0.3) is 0 Å². The maximum atomic E-state index is 11.8. The number of benzene rings is 1. The number of ether oxygens (including phenoxy) is 1. The number of nitrogens with zero attached hydrogens (tertiary/aromatic N) is 1. The van der Waals surface area contributed by atoms with E-state index >= 15 is 0 Å². The fourth-order valence-corrected chi connectivity index (χ4v) is 2.51. The fraction of sp³-hybridized carbons (Fsp3) is 0.591. The third-order valence-electron chi connectivity index (χ3n) is 3.77. The first-order valence-corrected chi connectivity index (χ1v) is 10.6. The van der Waals surface area contributed by atoms with Gasteiger partial charge in [-0.15, -0.1) is 0 Å². The molecule has 168 valence electrons. The van der Waals surface area contributed by atoms with Crippen LogP contribution in [0.1, 0.15) is 59.4 Å². The Balaban J connectivity index is 2.47. The van der Waals surface area contributed by atoms with Crippen molar-refractivity contribution in [1.82, 2.24) is 16.0 Å². The first-order chi connectivity index (χ1) is 14.2. The molecule has 0 fully saturated rings. The molecule has 0 saturated heterocycles. The second kappa shape index (κ2) is 13.5. The quantitative estimate of drug-likeness (QED) is 0.264. The summed E-state index contributed by atoms with van der Waals surface area (Å²) >= 11 is 0. The molecular weight excluding hydrogens is 382 g/mol. The zero-order chi connectivity index (χ0) is 22.4. The SMILES string of the molecule is CCCC(=O)Nc1cccc(CN=C(NCC)NCCCNC(=O)OC(C)(C)C)c1. The van der Waals surface area contributed by atoms with E-state index < -0.39 is 11.7 Å². The molecule has 0 aromatic heterocycles. The van der Waals surface area contributed by atoms with Crippen molar-refractivity contribution in [2.75, 3.05) is 25.0 Å². The smallest absolute Gasteiger partial charge is 0.407 e. The maximum absolute atomic E-state index is 11.8. The van der Waals surface area contributed by atoms with Gasteiger partial charge in [0.2, 0.25) is 5.91 Å². The summed E-state index contributed by atoms with van der Waals surface area (Å²) in [7, 11) is 0. The second-order valence-electron chi connectivity index (χ2n) is 7.90. The predicted molar refractivity (Wildman–Crippen MR) is 122 cm³/mol. The average molecular weight is 420 g/mol. The van der Waals surface area contributed by atoms with Crippen LogP contribution in [-0.4, -0.2) is 43.2 Å². The van der Waals surface area contributed by atoms with E-state index in [0.717, 1.165) is 30.6 Å². The third-order valence-corrected chi connectivity index (χ3v) is 3.77. The van der Waals surface area contributed by atoms with Gasteiger partial charge in [0.05, 0.1) is 6.54 Å². The highest BCUT2D eigenvalue weighted by atomic mass is 16.6. The van der Waals surface area contributed by atoms with Gasteiger partial charge in [0.1, 0.15) is 5.60 Å². The molecule has 0 bridgehead atoms. The zero-order valence-corrected chi connectivity index (χ0v) is 18.9. The van der Waals surface area contributed by atoms with E-state index in [1.54, 1.807) is 0 Å². The molecule has 1 aromatic rings. The van der Waals surface area contributed by atoms with Crippen molar-refractivity contribution in [2.24, 2.45) is 4.99 Å². The molecule has 1 aromatic carbocycles. The summed E-state index contributed by atoms with van der Waals surface area (Å²) < 4.78 is 5.21. The molecular formula is C22H37N5O3. The lowest BCUT2D eigenvalue weighted by molar-refractivity contribution is -0.116. The summed E-state index contributed by atoms with van der Waals surface area (Å²) in [6.07, 6.45) is 1.66. The molecule has 0 aliphatic carbocycles. The molecule has 0 aliphatic heterocycles. The summed E-state index contributed by atoms with van der Waals surface area (Å²) in [5.74, 6) is 0.725. The highest BCUT2D eigenvalue weighted by molar-refractivity contribution is 5.90. The van der Waals surface area contributed by atoms with Gasteiger partial charge in [-0.2, -0.15) is 0 Å². The number of carbonyl (C=O) groups excluding carboxylic acids is 2. The molecule has 0 saturated carbocycles. The van der Waals surface area contributed by atoms with E-state index in [2.05, 4.69) is 26.3 Å². The van der Waals surface area contributed by atoms with E-state index in [-0.39, 0.29) is 5.91 Å². The number of amides is 2. The highest BCUT2D eigenvalue weighted by Gasteiger charge is 2.15. The lowest BCUT2D eigenvalue weighted by Gasteiger charge is -2.19. The molecule has 0 atom stereocenters. The highest BCUT2D eigenvalue weighted by Crippen LogP contribution is 2.12. The molecule has 1 rings (SSSR count). The Labute approximate surface area is 180 Å². The van der Waals surface area contributed by atoms with Crippen LogP contribution >= 0.6 is 0 Å². The summed E-state index contributed by atoms with van der Waals surface area (Å²) in [5, 5.41) is 12.1. The molecule has 4 N–H and O–H groups in total. The van der Waals surface area contributed by atoms with Gasteiger partial charge in [-0.1, -0.05) is 19.1 Å². The van der Waals surface area contributed by atoms with Crippen LogP contribution in [0.5, 0.6) is 0 Å². The minimum Gasteiger partial charge on any atom is -0.444 e. The molecule has 0 heterocycles. The van der Waals surface area contributed by atoms with Crippen LogP contribution in [0.3, 0.4) is 0 Å². The summed E-state index contributed by atoms with van der Waals surface area (Å²) in [6, 6.07) is 7.70. The van der Waals surface area contributed by atoms with E-state index in [4.69, 9.17) is 4.74 Å². The van der Waals surface area contributed by atoms with Crippen LogP contribution < -0.4 is 21.3 Å². The van der Waals surface area contributed by atoms with Crippen molar-refractivity contribution in [3.05, 3.63) is 29.8 Å². The molecule has 0 spiro atoms. The fourth-order valence-electron chi connectivity index (χ4n) is 2.51. The Morgan fingerprint density at radius 2 is 1.80 bits per heavy atom. The third kappa shape index (κ3) is 11.9. The lowest BCUT2D eigenvalue weighted by Crippen LogP contribution is -2.39. The normalized spacial score (nSPS) is 11.6. The number of alkyl carbamates (subject to hydrolysis) is 1. The Bertz CT molecular complexity index is 698. The van der Waals surface area contributed by atoms with Gasteiger partial charge in [-0.05, 0) is 58.2 Å². The van der Waals surface area contributed by atoms with Crippen molar-refractivity contribution in [1.29, 1.82) is 0 Å². The lowest BCUT2D eigenvalue weighted by atomic mass is 10.2. The van der Waals surface area contributed by atoms with E-state index in [1.165, 1.54) is 0 Å². The molecule has 30 heavy (non-hydrogen) atoms. The largest absolute Gasteiger partial charge is 0.444 e. The minimum atomic E-state index is -0.497. The number of hydrogen-bond acceptors (Lipinski definition) is 4. The summed E-state index contributed by atoms with van der Waals surface area (Å²) in [4.78, 5) is 28.0. The topological polar surface area (TPSA) is 104 Å². The van der Waals surface area contributed by atoms with Crippen LogP contribution in [-0.2, 0) is 16.1 Å². The van der Waals surface area contributed by atoms with Crippen molar-refractivity contribution in [3.8, 4) is 0 Å². The van der Waals surface area contributed by atoms with Gasteiger partial charge in [-0.3, -0.25) is 4.79 Å². The number of aliphatic imine (C=N–C) groups is 1. The van der Waals surface area contributed by atoms with Gasteiger partial charge < -0.3 is 26.0 Å². The number of rotatable bonds is 10. The second-order valence-corrected chi connectivity index (χ2v) is 7.90. The predicted octanol–water partition coefficient (Wildman–Crippen LogP) is 3.40. The first-order valence-electron chi connectivity index (χ1n) is 10.6. The van der Waals surface area contributed by atoms with Gasteiger partial charge >= 0.3 is 6.09 Å². The van der Waals surface area contributed by atoms with Gasteiger partial charge in [-0.25, -0.2) is 9.79 Å². The molecule has 0 aliphatic rings.